The average Bonchev–Trinajstić information content (AvgIpc) is 3.40. The van der Waals surface area contributed by atoms with E-state index >= 15 is 0 Å². The van der Waals surface area contributed by atoms with Crippen LogP contribution in [-0.2, 0) is 22.1 Å². The fraction of sp³-hybridized carbons (Fsp3) is 0.360. The van der Waals surface area contributed by atoms with E-state index in [-0.39, 0.29) is 22.0 Å². The molecule has 0 aliphatic rings. The van der Waals surface area contributed by atoms with Crippen molar-refractivity contribution in [1.29, 1.82) is 0 Å². The van der Waals surface area contributed by atoms with Gasteiger partial charge in [0.2, 0.25) is 5.88 Å². The Kier molecular flexibility index (Phi) is 7.80. The van der Waals surface area contributed by atoms with Gasteiger partial charge >= 0.3 is 0 Å². The number of thiazole rings is 1. The first-order valence-corrected chi connectivity index (χ1v) is 15.0. The van der Waals surface area contributed by atoms with Crippen LogP contribution in [0.4, 0.5) is 0 Å². The molecule has 3 N–H and O–H groups in total. The number of carbonyl (C=O) groups is 1. The summed E-state index contributed by atoms with van der Waals surface area (Å²) in [6.45, 7) is 8.76. The molecule has 1 aromatic carbocycles. The van der Waals surface area contributed by atoms with Crippen molar-refractivity contribution in [3.05, 3.63) is 63.5 Å². The van der Waals surface area contributed by atoms with Crippen molar-refractivity contribution >= 4 is 44.3 Å². The topological polar surface area (TPSA) is 142 Å². The Morgan fingerprint density at radius 3 is 2.63 bits per heavy atom. The van der Waals surface area contributed by atoms with E-state index in [9.17, 15) is 13.2 Å². The first-order valence-electron chi connectivity index (χ1n) is 11.7. The largest absolute Gasteiger partial charge is 0.469 e. The molecular weight excluding hydrogens is 548 g/mol. The van der Waals surface area contributed by atoms with Gasteiger partial charge in [-0.3, -0.25) is 14.2 Å². The number of hydrogen-bond acceptors (Lipinski definition) is 9. The number of sulfone groups is 1. The number of carbonyl (C=O) groups excluding carboxylic acids is 1. The summed E-state index contributed by atoms with van der Waals surface area (Å²) in [7, 11) is -3.28. The second kappa shape index (κ2) is 10.6. The van der Waals surface area contributed by atoms with Crippen LogP contribution in [0.1, 0.15) is 60.3 Å². The predicted octanol–water partition coefficient (Wildman–Crippen LogP) is 4.18. The monoisotopic (exact) mass is 576 g/mol. The first-order chi connectivity index (χ1) is 17.7. The van der Waals surface area contributed by atoms with E-state index < -0.39 is 21.8 Å². The van der Waals surface area contributed by atoms with Gasteiger partial charge in [0.05, 0.1) is 23.8 Å². The number of benzene rings is 1. The molecule has 3 aromatic heterocycles. The molecule has 10 nitrogen and oxygen atoms in total. The average molecular weight is 577 g/mol. The Labute approximate surface area is 230 Å². The van der Waals surface area contributed by atoms with Gasteiger partial charge in [0, 0.05) is 35.1 Å². The first kappa shape index (κ1) is 28.0. The van der Waals surface area contributed by atoms with E-state index in [0.717, 1.165) is 28.7 Å². The lowest BCUT2D eigenvalue weighted by Crippen LogP contribution is -2.35. The zero-order chi connectivity index (χ0) is 27.8. The number of imidazole rings is 1. The van der Waals surface area contributed by atoms with Gasteiger partial charge in [-0.2, -0.15) is 4.98 Å². The minimum absolute atomic E-state index is 0.0261. The summed E-state index contributed by atoms with van der Waals surface area (Å²) in [6.07, 6.45) is 5.26. The Bertz CT molecular complexity index is 1610. The van der Waals surface area contributed by atoms with Crippen LogP contribution in [0.3, 0.4) is 0 Å². The molecule has 13 heteroatoms. The van der Waals surface area contributed by atoms with E-state index in [1.165, 1.54) is 6.20 Å². The van der Waals surface area contributed by atoms with Crippen LogP contribution in [0.25, 0.3) is 16.3 Å². The van der Waals surface area contributed by atoms with Gasteiger partial charge < -0.3 is 15.8 Å². The van der Waals surface area contributed by atoms with Crippen molar-refractivity contribution < 1.29 is 17.9 Å². The molecule has 202 valence electrons. The minimum atomic E-state index is -3.28. The van der Waals surface area contributed by atoms with Gasteiger partial charge in [-0.1, -0.05) is 23.7 Å². The van der Waals surface area contributed by atoms with Gasteiger partial charge in [0.25, 0.3) is 5.91 Å². The summed E-state index contributed by atoms with van der Waals surface area (Å²) in [5, 5.41) is 4.39. The zero-order valence-electron chi connectivity index (χ0n) is 21.6. The van der Waals surface area contributed by atoms with Crippen LogP contribution in [-0.4, -0.2) is 45.5 Å². The number of amides is 1. The van der Waals surface area contributed by atoms with Gasteiger partial charge in [-0.05, 0) is 39.3 Å². The molecule has 0 bridgehead atoms. The third-order valence-electron chi connectivity index (χ3n) is 5.51. The lowest BCUT2D eigenvalue weighted by Gasteiger charge is -2.21. The predicted molar refractivity (Wildman–Crippen MR) is 148 cm³/mol. The molecular formula is C25H29ClN6O4S2. The second-order valence-corrected chi connectivity index (χ2v) is 13.6. The second-order valence-electron chi connectivity index (χ2n) is 10.1. The van der Waals surface area contributed by atoms with E-state index in [2.05, 4.69) is 41.0 Å². The highest BCUT2D eigenvalue weighted by atomic mass is 35.5. The molecule has 1 unspecified atom stereocenters. The summed E-state index contributed by atoms with van der Waals surface area (Å²) in [6, 6.07) is 5.75. The van der Waals surface area contributed by atoms with E-state index in [4.69, 9.17) is 22.1 Å². The lowest BCUT2D eigenvalue weighted by molar-refractivity contribution is 0.0997. The molecule has 4 rings (SSSR count). The maximum Gasteiger partial charge on any atom is 0.264 e. The number of primary amides is 1. The molecule has 0 saturated carbocycles. The van der Waals surface area contributed by atoms with Crippen molar-refractivity contribution in [3.63, 3.8) is 0 Å². The van der Waals surface area contributed by atoms with Gasteiger partial charge in [-0.15, -0.1) is 11.3 Å². The van der Waals surface area contributed by atoms with Gasteiger partial charge in [0.1, 0.15) is 16.8 Å². The quantitative estimate of drug-likeness (QED) is 0.302. The third-order valence-corrected chi connectivity index (χ3v) is 7.73. The highest BCUT2D eigenvalue weighted by molar-refractivity contribution is 7.89. The van der Waals surface area contributed by atoms with Crippen molar-refractivity contribution in [1.82, 2.24) is 24.7 Å². The number of fused-ring (bicyclic) bond motifs is 1. The summed E-state index contributed by atoms with van der Waals surface area (Å²) in [4.78, 5) is 25.4. The van der Waals surface area contributed by atoms with Crippen LogP contribution in [0.15, 0.2) is 36.8 Å². The highest BCUT2D eigenvalue weighted by Crippen LogP contribution is 2.36. The Balaban J connectivity index is 1.62. The van der Waals surface area contributed by atoms with E-state index in [1.807, 2.05) is 25.1 Å². The number of halogens is 1. The Morgan fingerprint density at radius 1 is 1.26 bits per heavy atom. The maximum absolute atomic E-state index is 12.2. The summed E-state index contributed by atoms with van der Waals surface area (Å²) in [5.41, 5.74) is 8.78. The van der Waals surface area contributed by atoms with Crippen LogP contribution in [0.2, 0.25) is 5.02 Å². The van der Waals surface area contributed by atoms with Crippen LogP contribution in [0, 0.1) is 0 Å². The van der Waals surface area contributed by atoms with Crippen molar-refractivity contribution in [3.8, 4) is 16.6 Å². The molecule has 4 aromatic rings. The van der Waals surface area contributed by atoms with Gasteiger partial charge in [0.15, 0.2) is 20.4 Å². The van der Waals surface area contributed by atoms with Crippen LogP contribution in [0.5, 0.6) is 5.88 Å². The SMILES string of the molecule is CC(Oc1nc(-c2cnc3cnc(CS(C)(=O)=O)cn23)sc1C(N)=O)c1ccc(CNC(C)(C)C)cc1Cl. The number of nitrogens with zero attached hydrogens (tertiary/aromatic N) is 4. The molecule has 0 aliphatic heterocycles. The third kappa shape index (κ3) is 6.68. The Morgan fingerprint density at radius 2 is 2.00 bits per heavy atom. The number of rotatable bonds is 9. The fourth-order valence-corrected chi connectivity index (χ4v) is 5.59. The zero-order valence-corrected chi connectivity index (χ0v) is 24.0. The van der Waals surface area contributed by atoms with Crippen molar-refractivity contribution in [2.75, 3.05) is 6.26 Å². The molecule has 38 heavy (non-hydrogen) atoms. The number of aromatic nitrogens is 4. The van der Waals surface area contributed by atoms with E-state index in [1.54, 1.807) is 16.8 Å². The summed E-state index contributed by atoms with van der Waals surface area (Å²) >= 11 is 7.64. The van der Waals surface area contributed by atoms with Gasteiger partial charge in [-0.25, -0.2) is 13.4 Å². The number of nitrogens with one attached hydrogen (secondary N) is 1. The summed E-state index contributed by atoms with van der Waals surface area (Å²) in [5.74, 6) is -0.818. The molecule has 0 spiro atoms. The molecule has 0 fully saturated rings. The molecule has 0 saturated heterocycles. The maximum atomic E-state index is 12.2. The molecule has 0 aliphatic carbocycles. The number of hydrogen-bond donors (Lipinski definition) is 2. The van der Waals surface area contributed by atoms with Crippen molar-refractivity contribution in [2.24, 2.45) is 5.73 Å². The fourth-order valence-electron chi connectivity index (χ4n) is 3.69. The normalized spacial score (nSPS) is 13.1. The lowest BCUT2D eigenvalue weighted by atomic mass is 10.1. The van der Waals surface area contributed by atoms with Crippen LogP contribution < -0.4 is 15.8 Å². The molecule has 3 heterocycles. The smallest absolute Gasteiger partial charge is 0.264 e. The Hall–Kier alpha value is -3.06. The number of ether oxygens (including phenoxy) is 1. The molecule has 0 radical (unpaired) electrons. The minimum Gasteiger partial charge on any atom is -0.469 e. The number of nitrogens with two attached hydrogens (primary N) is 1. The molecule has 1 atom stereocenters. The van der Waals surface area contributed by atoms with Crippen molar-refractivity contribution in [2.45, 2.75) is 51.6 Å². The molecule has 1 amide bonds. The standard InChI is InChI=1S/C25H29ClN6O4S2/c1-14(17-7-6-15(8-18(17)26)9-30-25(2,3)4)36-23-21(22(27)33)37-24(31-23)19-10-29-20-11-28-16(12-32(19)20)13-38(5,34)35/h6-8,10-12,14,30H,9,13H2,1-5H3,(H2,27,33). The van der Waals surface area contributed by atoms with E-state index in [0.29, 0.717) is 33.6 Å². The van der Waals surface area contributed by atoms with Crippen LogP contribution >= 0.6 is 22.9 Å². The highest BCUT2D eigenvalue weighted by Gasteiger charge is 2.24. The summed E-state index contributed by atoms with van der Waals surface area (Å²) < 4.78 is 31.2.